The molecule has 2 fully saturated rings. The van der Waals surface area contributed by atoms with Crippen LogP contribution in [0.4, 0.5) is 10.1 Å². The molecule has 0 bridgehead atoms. The van der Waals surface area contributed by atoms with Crippen LogP contribution in [0, 0.1) is 17.7 Å². The molecule has 1 heterocycles. The van der Waals surface area contributed by atoms with Crippen molar-refractivity contribution in [1.29, 1.82) is 0 Å². The summed E-state index contributed by atoms with van der Waals surface area (Å²) in [4.78, 5) is 12.3. The van der Waals surface area contributed by atoms with Crippen molar-refractivity contribution in [2.45, 2.75) is 38.2 Å². The number of benzene rings is 1. The molecule has 1 amide bonds. The van der Waals surface area contributed by atoms with Crippen LogP contribution < -0.4 is 5.32 Å². The van der Waals surface area contributed by atoms with Crippen LogP contribution in [0.5, 0.6) is 0 Å². The first kappa shape index (κ1) is 13.6. The van der Waals surface area contributed by atoms with Crippen LogP contribution in [0.1, 0.15) is 32.6 Å². The van der Waals surface area contributed by atoms with E-state index in [1.807, 2.05) is 0 Å². The first-order valence-corrected chi connectivity index (χ1v) is 7.29. The standard InChI is InChI=1S/C16H20FNO2/c1-11-6-8-16(9-7-11)14(10-20-16)15(19)18-13-4-2-12(17)3-5-13/h2-5,11,14H,6-10H2,1H3,(H,18,19). The minimum Gasteiger partial charge on any atom is -0.373 e. The van der Waals surface area contributed by atoms with Crippen LogP contribution in [0.3, 0.4) is 0 Å². The summed E-state index contributed by atoms with van der Waals surface area (Å²) in [5, 5.41) is 2.87. The van der Waals surface area contributed by atoms with Crippen molar-refractivity contribution >= 4 is 11.6 Å². The monoisotopic (exact) mass is 277 g/mol. The van der Waals surface area contributed by atoms with E-state index < -0.39 is 0 Å². The third kappa shape index (κ3) is 2.44. The Bertz CT molecular complexity index is 492. The number of anilines is 1. The van der Waals surface area contributed by atoms with Gasteiger partial charge in [-0.15, -0.1) is 0 Å². The zero-order chi connectivity index (χ0) is 14.2. The van der Waals surface area contributed by atoms with Gasteiger partial charge in [0.05, 0.1) is 18.1 Å². The van der Waals surface area contributed by atoms with E-state index in [0.29, 0.717) is 12.3 Å². The summed E-state index contributed by atoms with van der Waals surface area (Å²) < 4.78 is 18.6. The summed E-state index contributed by atoms with van der Waals surface area (Å²) in [5.74, 6) is 0.357. The van der Waals surface area contributed by atoms with Gasteiger partial charge in [0.1, 0.15) is 5.82 Å². The highest BCUT2D eigenvalue weighted by Crippen LogP contribution is 2.46. The lowest BCUT2D eigenvalue weighted by molar-refractivity contribution is -0.218. The van der Waals surface area contributed by atoms with Crippen LogP contribution in [0.25, 0.3) is 0 Å². The van der Waals surface area contributed by atoms with E-state index in [1.54, 1.807) is 12.1 Å². The Labute approximate surface area is 118 Å². The summed E-state index contributed by atoms with van der Waals surface area (Å²) in [7, 11) is 0. The Hall–Kier alpha value is -1.42. The lowest BCUT2D eigenvalue weighted by Crippen LogP contribution is -2.59. The highest BCUT2D eigenvalue weighted by atomic mass is 19.1. The molecule has 1 atom stereocenters. The van der Waals surface area contributed by atoms with Crippen LogP contribution in [0.15, 0.2) is 24.3 Å². The van der Waals surface area contributed by atoms with Gasteiger partial charge in [-0.3, -0.25) is 4.79 Å². The number of hydrogen-bond donors (Lipinski definition) is 1. The SMILES string of the molecule is CC1CCC2(CC1)OCC2C(=O)Nc1ccc(F)cc1. The van der Waals surface area contributed by atoms with E-state index >= 15 is 0 Å². The second-order valence-electron chi connectivity index (χ2n) is 6.11. The van der Waals surface area contributed by atoms with Crippen molar-refractivity contribution in [3.63, 3.8) is 0 Å². The minimum atomic E-state index is -0.298. The maximum absolute atomic E-state index is 12.8. The van der Waals surface area contributed by atoms with Crippen LogP contribution in [-0.4, -0.2) is 18.1 Å². The maximum Gasteiger partial charge on any atom is 0.232 e. The molecule has 108 valence electrons. The Balaban J connectivity index is 1.64. The molecule has 3 rings (SSSR count). The fraction of sp³-hybridized carbons (Fsp3) is 0.562. The molecule has 1 unspecified atom stereocenters. The molecule has 1 aliphatic heterocycles. The summed E-state index contributed by atoms with van der Waals surface area (Å²) in [6.07, 6.45) is 4.19. The van der Waals surface area contributed by atoms with E-state index in [1.165, 1.54) is 12.1 Å². The maximum atomic E-state index is 12.8. The molecule has 4 heteroatoms. The molecule has 0 radical (unpaired) electrons. The number of carbonyl (C=O) groups excluding carboxylic acids is 1. The molecule has 1 spiro atoms. The van der Waals surface area contributed by atoms with Crippen molar-refractivity contribution in [2.24, 2.45) is 11.8 Å². The third-order valence-corrected chi connectivity index (χ3v) is 4.72. The number of hydrogen-bond acceptors (Lipinski definition) is 2. The molecular formula is C16H20FNO2. The lowest BCUT2D eigenvalue weighted by atomic mass is 9.69. The van der Waals surface area contributed by atoms with Crippen LogP contribution >= 0.6 is 0 Å². The fourth-order valence-corrected chi connectivity index (χ4v) is 3.22. The summed E-state index contributed by atoms with van der Waals surface area (Å²) in [6.45, 7) is 2.75. The molecule has 0 aromatic heterocycles. The first-order chi connectivity index (χ1) is 9.59. The van der Waals surface area contributed by atoms with E-state index in [9.17, 15) is 9.18 Å². The quantitative estimate of drug-likeness (QED) is 0.900. The molecule has 20 heavy (non-hydrogen) atoms. The van der Waals surface area contributed by atoms with E-state index in [4.69, 9.17) is 4.74 Å². The van der Waals surface area contributed by atoms with E-state index in [2.05, 4.69) is 12.2 Å². The molecule has 1 aromatic carbocycles. The summed E-state index contributed by atoms with van der Waals surface area (Å²) in [6, 6.07) is 5.88. The number of ether oxygens (including phenoxy) is 1. The Kier molecular flexibility index (Phi) is 3.50. The number of rotatable bonds is 2. The van der Waals surface area contributed by atoms with Gasteiger partial charge >= 0.3 is 0 Å². The Morgan fingerprint density at radius 1 is 1.30 bits per heavy atom. The number of halogens is 1. The van der Waals surface area contributed by atoms with Crippen molar-refractivity contribution in [3.8, 4) is 0 Å². The predicted octanol–water partition coefficient (Wildman–Crippen LogP) is 3.36. The molecule has 1 saturated carbocycles. The molecule has 1 aliphatic carbocycles. The van der Waals surface area contributed by atoms with Gasteiger partial charge in [-0.05, 0) is 55.9 Å². The zero-order valence-corrected chi connectivity index (χ0v) is 11.7. The largest absolute Gasteiger partial charge is 0.373 e. The Morgan fingerprint density at radius 2 is 1.95 bits per heavy atom. The van der Waals surface area contributed by atoms with Gasteiger partial charge in [-0.2, -0.15) is 0 Å². The predicted molar refractivity (Wildman–Crippen MR) is 74.8 cm³/mol. The summed E-state index contributed by atoms with van der Waals surface area (Å²) >= 11 is 0. The van der Waals surface area contributed by atoms with Crippen LogP contribution in [0.2, 0.25) is 0 Å². The van der Waals surface area contributed by atoms with E-state index in [0.717, 1.165) is 31.6 Å². The van der Waals surface area contributed by atoms with Gasteiger partial charge in [0.2, 0.25) is 5.91 Å². The highest BCUT2D eigenvalue weighted by molar-refractivity contribution is 5.94. The zero-order valence-electron chi connectivity index (χ0n) is 11.7. The van der Waals surface area contributed by atoms with E-state index in [-0.39, 0.29) is 23.2 Å². The average molecular weight is 277 g/mol. The van der Waals surface area contributed by atoms with Gasteiger partial charge in [-0.1, -0.05) is 6.92 Å². The van der Waals surface area contributed by atoms with Gasteiger partial charge in [0, 0.05) is 5.69 Å². The lowest BCUT2D eigenvalue weighted by Gasteiger charge is -2.51. The average Bonchev–Trinajstić information content (AvgIpc) is 2.41. The minimum absolute atomic E-state index is 0.00240. The van der Waals surface area contributed by atoms with Gasteiger partial charge in [0.15, 0.2) is 0 Å². The number of nitrogens with one attached hydrogen (secondary N) is 1. The molecule has 2 aliphatic rings. The van der Waals surface area contributed by atoms with Crippen molar-refractivity contribution in [1.82, 2.24) is 0 Å². The van der Waals surface area contributed by atoms with Crippen molar-refractivity contribution in [2.75, 3.05) is 11.9 Å². The molecule has 1 aromatic rings. The second kappa shape index (κ2) is 5.17. The second-order valence-corrected chi connectivity index (χ2v) is 6.11. The number of amides is 1. The van der Waals surface area contributed by atoms with Crippen molar-refractivity contribution < 1.29 is 13.9 Å². The third-order valence-electron chi connectivity index (χ3n) is 4.72. The van der Waals surface area contributed by atoms with Crippen LogP contribution in [-0.2, 0) is 9.53 Å². The summed E-state index contributed by atoms with van der Waals surface area (Å²) in [5.41, 5.74) is 0.402. The van der Waals surface area contributed by atoms with Crippen molar-refractivity contribution in [3.05, 3.63) is 30.1 Å². The van der Waals surface area contributed by atoms with Gasteiger partial charge in [0.25, 0.3) is 0 Å². The van der Waals surface area contributed by atoms with Gasteiger partial charge < -0.3 is 10.1 Å². The smallest absolute Gasteiger partial charge is 0.232 e. The Morgan fingerprint density at radius 3 is 2.50 bits per heavy atom. The molecule has 1 saturated heterocycles. The normalized spacial score (nSPS) is 32.7. The highest BCUT2D eigenvalue weighted by Gasteiger charge is 2.53. The fourth-order valence-electron chi connectivity index (χ4n) is 3.22. The molecule has 3 nitrogen and oxygen atoms in total. The molecular weight excluding hydrogens is 257 g/mol. The van der Waals surface area contributed by atoms with Gasteiger partial charge in [-0.25, -0.2) is 4.39 Å². The first-order valence-electron chi connectivity index (χ1n) is 7.29. The topological polar surface area (TPSA) is 38.3 Å². The number of carbonyl (C=O) groups is 1. The molecule has 1 N–H and O–H groups in total.